The molecule has 7 heteroatoms. The summed E-state index contributed by atoms with van der Waals surface area (Å²) < 4.78 is 6.80. The zero-order chi connectivity index (χ0) is 16.8. The molecular formula is C16H28N4O3. The molecule has 0 bridgehead atoms. The Hall–Kier alpha value is -1.44. The molecule has 0 aromatic carbocycles. The number of amides is 1. The minimum atomic E-state index is -0.550. The van der Waals surface area contributed by atoms with Crippen LogP contribution in [0.3, 0.4) is 0 Å². The minimum absolute atomic E-state index is 0.0204. The van der Waals surface area contributed by atoms with Gasteiger partial charge in [-0.3, -0.25) is 14.4 Å². The lowest BCUT2D eigenvalue weighted by Gasteiger charge is -2.16. The molecule has 7 nitrogen and oxygen atoms in total. The zero-order valence-corrected chi connectivity index (χ0v) is 14.3. The Morgan fingerprint density at radius 1 is 1.52 bits per heavy atom. The minimum Gasteiger partial charge on any atom is -0.390 e. The number of methoxy groups -OCH3 is 1. The number of nitrogens with one attached hydrogen (secondary N) is 1. The molecule has 2 atom stereocenters. The Labute approximate surface area is 137 Å². The predicted molar refractivity (Wildman–Crippen MR) is 87.0 cm³/mol. The van der Waals surface area contributed by atoms with Crippen molar-refractivity contribution < 1.29 is 14.6 Å². The van der Waals surface area contributed by atoms with E-state index in [1.807, 2.05) is 11.6 Å². The first-order valence-electron chi connectivity index (χ1n) is 8.25. The van der Waals surface area contributed by atoms with Gasteiger partial charge in [-0.2, -0.15) is 5.10 Å². The molecule has 130 valence electrons. The zero-order valence-electron chi connectivity index (χ0n) is 14.3. The summed E-state index contributed by atoms with van der Waals surface area (Å²) in [5.74, 6) is -0.193. The van der Waals surface area contributed by atoms with Gasteiger partial charge in [-0.15, -0.1) is 0 Å². The highest BCUT2D eigenvalue weighted by Crippen LogP contribution is 2.16. The molecule has 23 heavy (non-hydrogen) atoms. The fraction of sp³-hybridized carbons (Fsp3) is 0.750. The van der Waals surface area contributed by atoms with Crippen molar-refractivity contribution in [2.24, 2.45) is 0 Å². The van der Waals surface area contributed by atoms with Gasteiger partial charge in [-0.05, 0) is 13.3 Å². The molecule has 0 radical (unpaired) electrons. The van der Waals surface area contributed by atoms with Crippen molar-refractivity contribution >= 4 is 5.91 Å². The van der Waals surface area contributed by atoms with E-state index in [1.54, 1.807) is 0 Å². The third kappa shape index (κ3) is 5.02. The van der Waals surface area contributed by atoms with Gasteiger partial charge >= 0.3 is 0 Å². The van der Waals surface area contributed by atoms with E-state index < -0.39 is 6.10 Å². The van der Waals surface area contributed by atoms with Gasteiger partial charge in [0.15, 0.2) is 0 Å². The average molecular weight is 324 g/mol. The Balaban J connectivity index is 1.89. The van der Waals surface area contributed by atoms with Crippen molar-refractivity contribution in [2.75, 3.05) is 26.8 Å². The van der Waals surface area contributed by atoms with Crippen LogP contribution in [0.25, 0.3) is 0 Å². The third-order valence-corrected chi connectivity index (χ3v) is 4.17. The van der Waals surface area contributed by atoms with Crippen LogP contribution in [0, 0.1) is 6.92 Å². The highest BCUT2D eigenvalue weighted by molar-refractivity contribution is 5.77. The number of unbranched alkanes of at least 4 members (excludes halogenated alkanes) is 1. The van der Waals surface area contributed by atoms with Crippen molar-refractivity contribution in [3.05, 3.63) is 17.5 Å². The Kier molecular flexibility index (Phi) is 6.56. The van der Waals surface area contributed by atoms with E-state index in [0.717, 1.165) is 31.6 Å². The number of likely N-dealkylation sites (tertiary alicyclic amines) is 1. The number of aryl methyl sites for hydroxylation is 2. The standard InChI is InChI=1S/C16H28N4O3/c1-4-5-6-20-8-13(12(2)18-20)7-19-9-14(15(21)10-19)17-16(22)11-23-3/h8,14-15,21H,4-7,9-11H2,1-3H3,(H,17,22)/t14-,15-/m1/s1. The van der Waals surface area contributed by atoms with Gasteiger partial charge in [0.2, 0.25) is 5.91 Å². The number of carbonyl (C=O) groups excluding carboxylic acids is 1. The SMILES string of the molecule is CCCCn1cc(CN2C[C@@H](O)[C@H](NC(=O)COC)C2)c(C)n1. The van der Waals surface area contributed by atoms with E-state index in [2.05, 4.69) is 28.4 Å². The molecule has 0 unspecified atom stereocenters. The second kappa shape index (κ2) is 8.42. The molecule has 1 fully saturated rings. The fourth-order valence-corrected chi connectivity index (χ4v) is 2.91. The smallest absolute Gasteiger partial charge is 0.246 e. The van der Waals surface area contributed by atoms with Gasteiger partial charge in [-0.25, -0.2) is 0 Å². The fourth-order valence-electron chi connectivity index (χ4n) is 2.91. The monoisotopic (exact) mass is 324 g/mol. The van der Waals surface area contributed by atoms with Gasteiger partial charge in [0.1, 0.15) is 6.61 Å². The van der Waals surface area contributed by atoms with Crippen LogP contribution in [0.15, 0.2) is 6.20 Å². The van der Waals surface area contributed by atoms with Gasteiger partial charge in [0, 0.05) is 45.0 Å². The molecule has 0 aliphatic carbocycles. The van der Waals surface area contributed by atoms with Crippen molar-refractivity contribution in [1.29, 1.82) is 0 Å². The molecule has 2 rings (SSSR count). The summed E-state index contributed by atoms with van der Waals surface area (Å²) in [5.41, 5.74) is 2.21. The van der Waals surface area contributed by atoms with Gasteiger partial charge in [0.25, 0.3) is 0 Å². The first-order valence-corrected chi connectivity index (χ1v) is 8.25. The quantitative estimate of drug-likeness (QED) is 0.719. The molecule has 1 saturated heterocycles. The molecule has 1 aromatic rings. The molecular weight excluding hydrogens is 296 g/mol. The third-order valence-electron chi connectivity index (χ3n) is 4.17. The average Bonchev–Trinajstić information content (AvgIpc) is 3.01. The maximum Gasteiger partial charge on any atom is 0.246 e. The lowest BCUT2D eigenvalue weighted by atomic mass is 10.2. The van der Waals surface area contributed by atoms with Crippen molar-refractivity contribution in [1.82, 2.24) is 20.0 Å². The summed E-state index contributed by atoms with van der Waals surface area (Å²) in [6.07, 6.45) is 3.81. The van der Waals surface area contributed by atoms with Crippen LogP contribution in [0.4, 0.5) is 0 Å². The lowest BCUT2D eigenvalue weighted by Crippen LogP contribution is -2.44. The second-order valence-electron chi connectivity index (χ2n) is 6.22. The summed E-state index contributed by atoms with van der Waals surface area (Å²) in [5, 5.41) is 17.5. The predicted octanol–water partition coefficient (Wildman–Crippen LogP) is 0.299. The number of nitrogens with zero attached hydrogens (tertiary/aromatic N) is 3. The van der Waals surface area contributed by atoms with E-state index in [4.69, 9.17) is 4.74 Å². The molecule has 0 saturated carbocycles. The number of aliphatic hydroxyl groups excluding tert-OH is 1. The Morgan fingerprint density at radius 2 is 2.30 bits per heavy atom. The van der Waals surface area contributed by atoms with Crippen LogP contribution in [-0.4, -0.2) is 64.6 Å². The first kappa shape index (κ1) is 17.9. The van der Waals surface area contributed by atoms with Gasteiger partial charge in [-0.1, -0.05) is 13.3 Å². The van der Waals surface area contributed by atoms with Crippen molar-refractivity contribution in [2.45, 2.75) is 51.9 Å². The number of carbonyl (C=O) groups is 1. The largest absolute Gasteiger partial charge is 0.390 e. The van der Waals surface area contributed by atoms with Crippen LogP contribution in [0.2, 0.25) is 0 Å². The van der Waals surface area contributed by atoms with Crippen molar-refractivity contribution in [3.63, 3.8) is 0 Å². The number of hydrogen-bond acceptors (Lipinski definition) is 5. The highest BCUT2D eigenvalue weighted by atomic mass is 16.5. The van der Waals surface area contributed by atoms with Crippen LogP contribution in [-0.2, 0) is 22.6 Å². The van der Waals surface area contributed by atoms with E-state index in [0.29, 0.717) is 13.1 Å². The Morgan fingerprint density at radius 3 is 3.00 bits per heavy atom. The lowest BCUT2D eigenvalue weighted by molar-refractivity contribution is -0.125. The van der Waals surface area contributed by atoms with Gasteiger partial charge < -0.3 is 15.2 Å². The van der Waals surface area contributed by atoms with E-state index >= 15 is 0 Å². The van der Waals surface area contributed by atoms with E-state index in [1.165, 1.54) is 12.7 Å². The second-order valence-corrected chi connectivity index (χ2v) is 6.22. The first-order chi connectivity index (χ1) is 11.0. The number of ether oxygens (including phenoxy) is 1. The summed E-state index contributed by atoms with van der Waals surface area (Å²) in [4.78, 5) is 13.7. The van der Waals surface area contributed by atoms with Crippen molar-refractivity contribution in [3.8, 4) is 0 Å². The summed E-state index contributed by atoms with van der Waals surface area (Å²) in [6, 6.07) is -0.243. The van der Waals surface area contributed by atoms with Crippen LogP contribution >= 0.6 is 0 Å². The number of β-amino-alcohol motifs (C(OH)–C–C–N with tert-alkyl or cyclic N) is 1. The summed E-state index contributed by atoms with van der Waals surface area (Å²) in [7, 11) is 1.48. The normalized spacial score (nSPS) is 21.7. The van der Waals surface area contributed by atoms with E-state index in [9.17, 15) is 9.90 Å². The number of hydrogen-bond donors (Lipinski definition) is 2. The molecule has 1 amide bonds. The topological polar surface area (TPSA) is 79.6 Å². The molecule has 0 spiro atoms. The van der Waals surface area contributed by atoms with Crippen LogP contribution < -0.4 is 5.32 Å². The van der Waals surface area contributed by atoms with Crippen LogP contribution in [0.1, 0.15) is 31.0 Å². The molecule has 1 aromatic heterocycles. The van der Waals surface area contributed by atoms with Gasteiger partial charge in [0.05, 0.1) is 17.8 Å². The number of aliphatic hydroxyl groups is 1. The molecule has 1 aliphatic heterocycles. The summed E-state index contributed by atoms with van der Waals surface area (Å²) >= 11 is 0. The van der Waals surface area contributed by atoms with E-state index in [-0.39, 0.29) is 18.6 Å². The maximum atomic E-state index is 11.6. The maximum absolute atomic E-state index is 11.6. The number of rotatable bonds is 8. The molecule has 1 aliphatic rings. The highest BCUT2D eigenvalue weighted by Gasteiger charge is 2.32. The van der Waals surface area contributed by atoms with Crippen LogP contribution in [0.5, 0.6) is 0 Å². The number of aromatic nitrogens is 2. The summed E-state index contributed by atoms with van der Waals surface area (Å²) in [6.45, 7) is 7.07. The Bertz CT molecular complexity index is 517. The molecule has 2 N–H and O–H groups in total. The molecule has 2 heterocycles.